The summed E-state index contributed by atoms with van der Waals surface area (Å²) >= 11 is 5.82. The van der Waals surface area contributed by atoms with Crippen LogP contribution >= 0.6 is 12.2 Å². The van der Waals surface area contributed by atoms with Crippen LogP contribution in [0.25, 0.3) is 11.0 Å². The normalized spacial score (nSPS) is 15.3. The number of hydrazone groups is 1. The molecule has 3 aromatic carbocycles. The summed E-state index contributed by atoms with van der Waals surface area (Å²) in [5.41, 5.74) is 6.08. The Bertz CT molecular complexity index is 1320. The topological polar surface area (TPSA) is 62.6 Å². The molecule has 0 spiro atoms. The molecule has 0 aliphatic carbocycles. The van der Waals surface area contributed by atoms with E-state index in [1.807, 2.05) is 47.5 Å². The molecule has 2 heterocycles. The van der Waals surface area contributed by atoms with Crippen molar-refractivity contribution in [2.24, 2.45) is 5.10 Å². The number of nitrogens with zero attached hydrogens (tertiary/aromatic N) is 4. The maximum Gasteiger partial charge on any atom is 0.190 e. The number of aromatic nitrogens is 2. The first-order valence-electron chi connectivity index (χ1n) is 11.3. The molecule has 0 unspecified atom stereocenters. The smallest absolute Gasteiger partial charge is 0.190 e. The van der Waals surface area contributed by atoms with Crippen LogP contribution in [-0.2, 0) is 6.42 Å². The van der Waals surface area contributed by atoms with E-state index in [-0.39, 0.29) is 6.04 Å². The van der Waals surface area contributed by atoms with Crippen molar-refractivity contribution in [3.8, 4) is 5.75 Å². The molecule has 0 saturated carbocycles. The van der Waals surface area contributed by atoms with Gasteiger partial charge >= 0.3 is 0 Å². The van der Waals surface area contributed by atoms with Crippen LogP contribution in [0, 0.1) is 0 Å². The van der Waals surface area contributed by atoms with Crippen molar-refractivity contribution in [3.63, 3.8) is 0 Å². The molecule has 1 atom stereocenters. The summed E-state index contributed by atoms with van der Waals surface area (Å²) < 4.78 is 5.31. The maximum atomic E-state index is 5.82. The van der Waals surface area contributed by atoms with Crippen LogP contribution in [0.2, 0.25) is 0 Å². The van der Waals surface area contributed by atoms with Gasteiger partial charge in [0.15, 0.2) is 5.11 Å². The van der Waals surface area contributed by atoms with Gasteiger partial charge in [0.2, 0.25) is 0 Å². The van der Waals surface area contributed by atoms with Crippen molar-refractivity contribution in [1.29, 1.82) is 0 Å². The van der Waals surface area contributed by atoms with Crippen molar-refractivity contribution >= 4 is 34.1 Å². The first-order chi connectivity index (χ1) is 16.7. The van der Waals surface area contributed by atoms with E-state index in [2.05, 4.69) is 45.6 Å². The molecule has 1 aliphatic rings. The highest BCUT2D eigenvalue weighted by Gasteiger charge is 2.32. The van der Waals surface area contributed by atoms with Gasteiger partial charge in [-0.15, -0.1) is 0 Å². The monoisotopic (exact) mass is 467 g/mol. The van der Waals surface area contributed by atoms with Crippen LogP contribution < -0.4 is 10.1 Å². The highest BCUT2D eigenvalue weighted by molar-refractivity contribution is 7.80. The van der Waals surface area contributed by atoms with E-state index in [4.69, 9.17) is 22.1 Å². The fourth-order valence-electron chi connectivity index (χ4n) is 4.22. The van der Waals surface area contributed by atoms with Gasteiger partial charge < -0.3 is 10.1 Å². The molecule has 6 nitrogen and oxygen atoms in total. The molecule has 0 amide bonds. The number of ether oxygens (including phenoxy) is 1. The molecule has 1 N–H and O–H groups in total. The lowest BCUT2D eigenvalue weighted by atomic mass is 9.97. The fourth-order valence-corrected chi connectivity index (χ4v) is 4.49. The fraction of sp³-hybridized carbons (Fsp3) is 0.185. The minimum absolute atomic E-state index is 0.0748. The lowest BCUT2D eigenvalue weighted by Gasteiger charge is -2.25. The van der Waals surface area contributed by atoms with Gasteiger partial charge in [0.25, 0.3) is 0 Å². The number of nitrogens with one attached hydrogen (secondary N) is 1. The number of rotatable bonds is 6. The molecular formula is C27H25N5OS. The lowest BCUT2D eigenvalue weighted by Crippen LogP contribution is -2.37. The number of methoxy groups -OCH3 is 1. The Morgan fingerprint density at radius 3 is 2.59 bits per heavy atom. The molecule has 7 heteroatoms. The van der Waals surface area contributed by atoms with E-state index in [1.165, 1.54) is 5.56 Å². The Morgan fingerprint density at radius 1 is 1.00 bits per heavy atom. The second-order valence-corrected chi connectivity index (χ2v) is 8.47. The van der Waals surface area contributed by atoms with Crippen molar-refractivity contribution in [3.05, 3.63) is 102 Å². The molecule has 5 rings (SSSR count). The highest BCUT2D eigenvalue weighted by atomic mass is 32.1. The van der Waals surface area contributed by atoms with Gasteiger partial charge in [-0.25, -0.2) is 5.01 Å². The minimum Gasteiger partial charge on any atom is -0.497 e. The van der Waals surface area contributed by atoms with E-state index in [1.54, 1.807) is 19.5 Å². The summed E-state index contributed by atoms with van der Waals surface area (Å²) in [4.78, 5) is 9.10. The van der Waals surface area contributed by atoms with Gasteiger partial charge in [-0.3, -0.25) is 9.97 Å². The average molecular weight is 468 g/mol. The molecule has 0 radical (unpaired) electrons. The Labute approximate surface area is 204 Å². The molecule has 1 aliphatic heterocycles. The zero-order chi connectivity index (χ0) is 23.3. The predicted molar refractivity (Wildman–Crippen MR) is 139 cm³/mol. The number of thiocarbonyl (C=S) groups is 1. The summed E-state index contributed by atoms with van der Waals surface area (Å²) in [5, 5.41) is 10.9. The van der Waals surface area contributed by atoms with Crippen LogP contribution in [0.15, 0.2) is 90.3 Å². The molecular weight excluding hydrogens is 442 g/mol. The Balaban J connectivity index is 1.43. The summed E-state index contributed by atoms with van der Waals surface area (Å²) in [6.45, 7) is 0.731. The molecule has 1 aromatic heterocycles. The molecule has 4 aromatic rings. The summed E-state index contributed by atoms with van der Waals surface area (Å²) in [6.07, 6.45) is 5.04. The first-order valence-corrected chi connectivity index (χ1v) is 11.7. The molecule has 0 saturated heterocycles. The van der Waals surface area contributed by atoms with E-state index in [9.17, 15) is 0 Å². The number of hydrogen-bond donors (Lipinski definition) is 1. The summed E-state index contributed by atoms with van der Waals surface area (Å²) in [7, 11) is 1.67. The van der Waals surface area contributed by atoms with Gasteiger partial charge in [-0.2, -0.15) is 5.10 Å². The second kappa shape index (κ2) is 9.97. The van der Waals surface area contributed by atoms with Gasteiger partial charge in [0.1, 0.15) is 5.75 Å². The predicted octanol–water partition coefficient (Wildman–Crippen LogP) is 4.91. The van der Waals surface area contributed by atoms with Gasteiger partial charge in [-0.05, 0) is 60.1 Å². The number of benzene rings is 3. The highest BCUT2D eigenvalue weighted by Crippen LogP contribution is 2.35. The molecule has 34 heavy (non-hydrogen) atoms. The van der Waals surface area contributed by atoms with E-state index < -0.39 is 0 Å². The largest absolute Gasteiger partial charge is 0.497 e. The summed E-state index contributed by atoms with van der Waals surface area (Å²) in [5.74, 6) is 0.818. The van der Waals surface area contributed by atoms with E-state index in [0.29, 0.717) is 11.5 Å². The number of hydrogen-bond acceptors (Lipinski definition) is 5. The zero-order valence-electron chi connectivity index (χ0n) is 18.9. The van der Waals surface area contributed by atoms with Crippen LogP contribution in [0.1, 0.15) is 29.2 Å². The Kier molecular flexibility index (Phi) is 6.44. The average Bonchev–Trinajstić information content (AvgIpc) is 3.34. The first kappa shape index (κ1) is 22.0. The quantitative estimate of drug-likeness (QED) is 0.407. The van der Waals surface area contributed by atoms with Gasteiger partial charge in [0.05, 0.1) is 29.9 Å². The van der Waals surface area contributed by atoms with Crippen LogP contribution in [0.5, 0.6) is 5.75 Å². The maximum absolute atomic E-state index is 5.82. The lowest BCUT2D eigenvalue weighted by molar-refractivity contribution is 0.366. The third kappa shape index (κ3) is 4.61. The zero-order valence-corrected chi connectivity index (χ0v) is 19.7. The van der Waals surface area contributed by atoms with Gasteiger partial charge in [0, 0.05) is 30.9 Å². The third-order valence-electron chi connectivity index (χ3n) is 5.96. The molecule has 0 bridgehead atoms. The second-order valence-electron chi connectivity index (χ2n) is 8.08. The van der Waals surface area contributed by atoms with E-state index in [0.717, 1.165) is 46.6 Å². The van der Waals surface area contributed by atoms with E-state index >= 15 is 0 Å². The number of fused-ring (bicyclic) bond motifs is 1. The summed E-state index contributed by atoms with van der Waals surface area (Å²) in [6, 6.07) is 24.4. The number of para-hydroxylation sites is 1. The SMILES string of the molecule is COc1ccc(C2=NN(C(=S)NCCc3ccccc3)[C@H](c3cccc4nccnc34)C2)cc1. The standard InChI is InChI=1S/C27H25N5OS/c1-33-21-12-10-20(11-13-21)24-18-25(22-8-5-9-23-26(22)29-17-16-28-23)32(31-24)27(34)30-15-14-19-6-3-2-4-7-19/h2-13,16-17,25H,14-15,18H2,1H3,(H,30,34)/t25-/m0/s1. The minimum atomic E-state index is -0.0748. The van der Waals surface area contributed by atoms with Crippen LogP contribution in [0.4, 0.5) is 0 Å². The van der Waals surface area contributed by atoms with Crippen molar-refractivity contribution in [2.45, 2.75) is 18.9 Å². The van der Waals surface area contributed by atoms with Crippen molar-refractivity contribution < 1.29 is 4.74 Å². The van der Waals surface area contributed by atoms with Crippen LogP contribution in [0.3, 0.4) is 0 Å². The van der Waals surface area contributed by atoms with Crippen LogP contribution in [-0.4, -0.2) is 39.5 Å². The molecule has 0 fully saturated rings. The Morgan fingerprint density at radius 2 is 1.79 bits per heavy atom. The van der Waals surface area contributed by atoms with Gasteiger partial charge in [-0.1, -0.05) is 42.5 Å². The molecule has 170 valence electrons. The third-order valence-corrected chi connectivity index (χ3v) is 6.29. The van der Waals surface area contributed by atoms with Crippen molar-refractivity contribution in [1.82, 2.24) is 20.3 Å². The Hall–Kier alpha value is -3.84. The van der Waals surface area contributed by atoms with Crippen molar-refractivity contribution in [2.75, 3.05) is 13.7 Å².